The van der Waals surface area contributed by atoms with Gasteiger partial charge in [-0.1, -0.05) is 140 Å². The van der Waals surface area contributed by atoms with Gasteiger partial charge >= 0.3 is 0 Å². The number of ketones is 1. The van der Waals surface area contributed by atoms with E-state index >= 15 is 0 Å². The summed E-state index contributed by atoms with van der Waals surface area (Å²) < 4.78 is 0. The first-order valence-corrected chi connectivity index (χ1v) is 15.6. The van der Waals surface area contributed by atoms with Crippen molar-refractivity contribution in [1.82, 2.24) is 14.7 Å². The van der Waals surface area contributed by atoms with Gasteiger partial charge in [0.2, 0.25) is 0 Å². The molecular weight excluding hydrogens is 538 g/mol. The summed E-state index contributed by atoms with van der Waals surface area (Å²) in [6, 6.07) is 0. The summed E-state index contributed by atoms with van der Waals surface area (Å²) >= 11 is 0. The highest BCUT2D eigenvalue weighted by Gasteiger charge is 2.16. The van der Waals surface area contributed by atoms with Gasteiger partial charge in [0.1, 0.15) is 5.78 Å². The molecule has 4 nitrogen and oxygen atoms in total. The molecule has 0 saturated carbocycles. The zero-order valence-corrected chi connectivity index (χ0v) is 27.3. The molecule has 3 aliphatic heterocycles. The van der Waals surface area contributed by atoms with Crippen molar-refractivity contribution >= 4 is 5.78 Å². The molecule has 2 unspecified atom stereocenters. The summed E-state index contributed by atoms with van der Waals surface area (Å²) in [6.07, 6.45) is 13.8. The van der Waals surface area contributed by atoms with Crippen molar-refractivity contribution in [3.8, 4) is 0 Å². The van der Waals surface area contributed by atoms with E-state index in [0.29, 0.717) is 0 Å². The lowest BCUT2D eigenvalue weighted by molar-refractivity contribution is -0.115. The average molecular weight is 642 g/mol. The lowest BCUT2D eigenvalue weighted by Gasteiger charge is -2.28. The molecule has 0 aromatic rings. The molecule has 0 radical (unpaired) electrons. The fourth-order valence-electron chi connectivity index (χ4n) is 4.44. The largest absolute Gasteiger partial charge is 0.306 e. The minimum Gasteiger partial charge on any atom is -0.306 e. The summed E-state index contributed by atoms with van der Waals surface area (Å²) in [4.78, 5) is 16.7. The Bertz CT molecular complexity index is 430. The van der Waals surface area contributed by atoms with Gasteiger partial charge in [0.15, 0.2) is 0 Å². The van der Waals surface area contributed by atoms with Crippen LogP contribution in [0.5, 0.6) is 0 Å². The molecule has 0 aromatic heterocycles. The van der Waals surface area contributed by atoms with E-state index in [1.54, 1.807) is 0 Å². The number of rotatable bonds is 3. The van der Waals surface area contributed by atoms with E-state index in [2.05, 4.69) is 84.3 Å². The van der Waals surface area contributed by atoms with Crippen LogP contribution >= 0.6 is 0 Å². The highest BCUT2D eigenvalue weighted by Crippen LogP contribution is 2.18. The van der Waals surface area contributed by atoms with Crippen LogP contribution in [0.15, 0.2) is 0 Å². The van der Waals surface area contributed by atoms with E-state index in [-0.39, 0.29) is 65.2 Å². The fourth-order valence-corrected chi connectivity index (χ4v) is 4.44. The van der Waals surface area contributed by atoms with Crippen LogP contribution in [0.1, 0.15) is 186 Å². The van der Waals surface area contributed by atoms with Crippen LogP contribution in [0.2, 0.25) is 0 Å². The van der Waals surface area contributed by atoms with Crippen LogP contribution in [0.3, 0.4) is 0 Å². The van der Waals surface area contributed by atoms with E-state index in [0.717, 1.165) is 17.8 Å². The lowest BCUT2D eigenvalue weighted by Crippen LogP contribution is -2.31. The number of hydrogen-bond acceptors (Lipinski definition) is 4. The maximum absolute atomic E-state index is 9.44. The first-order chi connectivity index (χ1) is 17.0. The summed E-state index contributed by atoms with van der Waals surface area (Å²) in [5.41, 5.74) is 0. The minimum absolute atomic E-state index is 0. The topological polar surface area (TPSA) is 26.8 Å². The Kier molecular flexibility index (Phi) is 93.0. The van der Waals surface area contributed by atoms with E-state index in [1.165, 1.54) is 117 Å². The Labute approximate surface area is 288 Å². The molecule has 3 saturated heterocycles. The van der Waals surface area contributed by atoms with Gasteiger partial charge in [-0.25, -0.2) is 0 Å². The maximum Gasteiger partial charge on any atom is 0.126 e. The molecule has 44 heavy (non-hydrogen) atoms. The lowest BCUT2D eigenvalue weighted by atomic mass is 9.95. The van der Waals surface area contributed by atoms with Gasteiger partial charge in [-0.15, -0.1) is 0 Å². The number of carbonyl (C=O) groups is 1. The van der Waals surface area contributed by atoms with E-state index in [4.69, 9.17) is 0 Å². The first kappa shape index (κ1) is 74.4. The minimum atomic E-state index is 0. The van der Waals surface area contributed by atoms with Gasteiger partial charge < -0.3 is 19.5 Å². The molecule has 3 fully saturated rings. The quantitative estimate of drug-likeness (QED) is 0.306. The van der Waals surface area contributed by atoms with Crippen molar-refractivity contribution in [3.05, 3.63) is 0 Å². The van der Waals surface area contributed by atoms with Crippen molar-refractivity contribution in [3.63, 3.8) is 0 Å². The third kappa shape index (κ3) is 57.2. The van der Waals surface area contributed by atoms with Gasteiger partial charge in [-0.05, 0) is 111 Å². The Balaban J connectivity index is -0.0000000333. The molecule has 3 heterocycles. The molecule has 0 bridgehead atoms. The predicted octanol–water partition coefficient (Wildman–Crippen LogP) is 13.3. The first-order valence-electron chi connectivity index (χ1n) is 15.6. The van der Waals surface area contributed by atoms with Crippen LogP contribution in [0, 0.1) is 17.8 Å². The zero-order valence-electron chi connectivity index (χ0n) is 27.3. The predicted molar refractivity (Wildman–Crippen MR) is 219 cm³/mol. The van der Waals surface area contributed by atoms with E-state index < -0.39 is 0 Å². The Morgan fingerprint density at radius 2 is 0.727 bits per heavy atom. The molecule has 0 spiro atoms. The molecule has 2 atom stereocenters. The van der Waals surface area contributed by atoms with Gasteiger partial charge in [0, 0.05) is 13.1 Å². The summed E-state index contributed by atoms with van der Waals surface area (Å²) in [7, 11) is 6.64. The fraction of sp³-hybridized carbons (Fsp3) is 0.975. The molecule has 0 amide bonds. The third-order valence-electron chi connectivity index (χ3n) is 6.78. The maximum atomic E-state index is 9.44. The molecule has 0 N–H and O–H groups in total. The van der Waals surface area contributed by atoms with Gasteiger partial charge in [-0.3, -0.25) is 0 Å². The van der Waals surface area contributed by atoms with Crippen LogP contribution < -0.4 is 0 Å². The molecule has 3 rings (SSSR count). The number of piperidine rings is 2. The third-order valence-corrected chi connectivity index (χ3v) is 6.78. The summed E-state index contributed by atoms with van der Waals surface area (Å²) in [6.45, 7) is 26.4. The number of carbonyl (C=O) groups excluding carboxylic acids is 1. The van der Waals surface area contributed by atoms with Crippen molar-refractivity contribution < 1.29 is 4.79 Å². The van der Waals surface area contributed by atoms with Gasteiger partial charge in [0.05, 0.1) is 0 Å². The van der Waals surface area contributed by atoms with E-state index in [1.807, 2.05) is 0 Å². The van der Waals surface area contributed by atoms with Crippen LogP contribution in [0.4, 0.5) is 0 Å². The van der Waals surface area contributed by atoms with Crippen LogP contribution in [-0.2, 0) is 4.79 Å². The number of Topliss-reactive ketones (excluding diaryl/α,β-unsaturated/α-hetero) is 1. The number of hydrogen-bond donors (Lipinski definition) is 0. The SMILES string of the molecule is C.C.C.C.C.C.C.C.CC(C)=O.CCC.CCC.CCC1CCCN(C)C1.CCC1CCN(C)C1.CCC1CCN(C)CC1. The Morgan fingerprint density at radius 1 is 0.477 bits per heavy atom. The van der Waals surface area contributed by atoms with Crippen LogP contribution in [0.25, 0.3) is 0 Å². The summed E-state index contributed by atoms with van der Waals surface area (Å²) in [5, 5.41) is 0. The van der Waals surface area contributed by atoms with Crippen LogP contribution in [-0.4, -0.2) is 80.9 Å². The molecule has 3 aliphatic rings. The van der Waals surface area contributed by atoms with E-state index in [9.17, 15) is 4.79 Å². The van der Waals surface area contributed by atoms with Gasteiger partial charge in [0.25, 0.3) is 0 Å². The second-order valence-electron chi connectivity index (χ2n) is 11.5. The molecule has 0 aliphatic carbocycles. The molecule has 0 aromatic carbocycles. The summed E-state index contributed by atoms with van der Waals surface area (Å²) in [5.74, 6) is 3.19. The molecule has 4 heteroatoms. The monoisotopic (exact) mass is 642 g/mol. The normalized spacial score (nSPS) is 18.5. The second kappa shape index (κ2) is 55.0. The average Bonchev–Trinajstić information content (AvgIpc) is 3.26. The smallest absolute Gasteiger partial charge is 0.126 e. The Morgan fingerprint density at radius 3 is 0.955 bits per heavy atom. The van der Waals surface area contributed by atoms with Crippen molar-refractivity contribution in [2.45, 2.75) is 186 Å². The zero-order chi connectivity index (χ0) is 28.4. The number of likely N-dealkylation sites (tertiary alicyclic amines) is 3. The van der Waals surface area contributed by atoms with Crippen molar-refractivity contribution in [2.24, 2.45) is 17.8 Å². The van der Waals surface area contributed by atoms with Crippen molar-refractivity contribution in [1.29, 1.82) is 0 Å². The highest BCUT2D eigenvalue weighted by atomic mass is 16.1. The number of nitrogens with zero attached hydrogens (tertiary/aromatic N) is 3. The molecule has 284 valence electrons. The van der Waals surface area contributed by atoms with Crippen molar-refractivity contribution in [2.75, 3.05) is 60.4 Å². The second-order valence-corrected chi connectivity index (χ2v) is 11.5. The standard InChI is InChI=1S/2C8H17N.C7H15N.C3H6O.2C3H8.8CH4/c1-3-8-4-6-9(2)7-5-8;1-3-8-5-4-6-9(2)7-8;1-3-7-4-5-8(2)6-7;1-3(2)4;2*1-3-2;;;;;;;;/h2*8H,3-7H2,1-2H3;7H,3-6H2,1-2H3;1-2H3;2*3H2,1-2H3;8*1H4. The highest BCUT2D eigenvalue weighted by molar-refractivity contribution is 5.72. The van der Waals surface area contributed by atoms with Gasteiger partial charge in [-0.2, -0.15) is 0 Å². The molecular formula is C40H103N3O. The Hall–Kier alpha value is -0.450.